The predicted octanol–water partition coefficient (Wildman–Crippen LogP) is 3.06. The van der Waals surface area contributed by atoms with Gasteiger partial charge in [-0.15, -0.1) is 0 Å². The highest BCUT2D eigenvalue weighted by Gasteiger charge is 2.25. The molecule has 1 heterocycles. The molecule has 1 fully saturated rings. The SMILES string of the molecule is CN(CC(=O)OC(C)(C)C)C(=O)/C=C/c1ccc(S(=O)(=O)N2CCCCCC2)cc1. The average molecular weight is 437 g/mol. The number of carbonyl (C=O) groups excluding carboxylic acids is 2. The van der Waals surface area contributed by atoms with Crippen molar-refractivity contribution < 1.29 is 22.7 Å². The van der Waals surface area contributed by atoms with Crippen LogP contribution in [-0.4, -0.2) is 61.8 Å². The molecule has 1 amide bonds. The third-order valence-corrected chi connectivity index (χ3v) is 6.58. The molecule has 0 aromatic heterocycles. The molecule has 0 spiro atoms. The van der Waals surface area contributed by atoms with E-state index in [-0.39, 0.29) is 17.3 Å². The molecule has 7 nitrogen and oxygen atoms in total. The Balaban J connectivity index is 1.98. The number of hydrogen-bond acceptors (Lipinski definition) is 5. The maximum absolute atomic E-state index is 12.8. The third kappa shape index (κ3) is 7.25. The maximum atomic E-state index is 12.8. The van der Waals surface area contributed by atoms with Crippen molar-refractivity contribution >= 4 is 28.0 Å². The molecule has 30 heavy (non-hydrogen) atoms. The molecule has 0 aliphatic carbocycles. The van der Waals surface area contributed by atoms with Crippen molar-refractivity contribution in [2.24, 2.45) is 0 Å². The number of hydrogen-bond donors (Lipinski definition) is 0. The molecule has 0 radical (unpaired) electrons. The van der Waals surface area contributed by atoms with E-state index in [9.17, 15) is 18.0 Å². The number of ether oxygens (including phenoxy) is 1. The summed E-state index contributed by atoms with van der Waals surface area (Å²) >= 11 is 0. The number of rotatable bonds is 6. The lowest BCUT2D eigenvalue weighted by Gasteiger charge is -2.22. The maximum Gasteiger partial charge on any atom is 0.326 e. The van der Waals surface area contributed by atoms with Gasteiger partial charge in [-0.2, -0.15) is 4.31 Å². The molecular formula is C22H32N2O5S. The normalized spacial score (nSPS) is 16.3. The van der Waals surface area contributed by atoms with E-state index in [0.29, 0.717) is 18.7 Å². The number of amides is 1. The second-order valence-corrected chi connectivity index (χ2v) is 10.4. The van der Waals surface area contributed by atoms with E-state index in [1.54, 1.807) is 55.4 Å². The van der Waals surface area contributed by atoms with E-state index in [1.807, 2.05) is 0 Å². The minimum Gasteiger partial charge on any atom is -0.459 e. The van der Waals surface area contributed by atoms with Gasteiger partial charge in [0.05, 0.1) is 4.90 Å². The van der Waals surface area contributed by atoms with Crippen LogP contribution in [0.3, 0.4) is 0 Å². The first-order valence-corrected chi connectivity index (χ1v) is 11.7. The second kappa shape index (κ2) is 10.2. The molecule has 8 heteroatoms. The molecule has 2 rings (SSSR count). The molecule has 1 saturated heterocycles. The Bertz CT molecular complexity index is 862. The van der Waals surface area contributed by atoms with E-state index in [1.165, 1.54) is 18.0 Å². The van der Waals surface area contributed by atoms with Gasteiger partial charge in [-0.1, -0.05) is 25.0 Å². The first-order chi connectivity index (χ1) is 14.0. The van der Waals surface area contributed by atoms with Crippen molar-refractivity contribution in [2.45, 2.75) is 57.0 Å². The zero-order valence-electron chi connectivity index (χ0n) is 18.3. The number of esters is 1. The standard InChI is InChI=1S/C22H32N2O5S/c1-22(2,3)29-21(26)17-23(4)20(25)14-11-18-9-12-19(13-10-18)30(27,28)24-15-7-5-6-8-16-24/h9-14H,5-8,15-17H2,1-4H3/b14-11+. The fourth-order valence-electron chi connectivity index (χ4n) is 3.12. The molecule has 0 bridgehead atoms. The van der Waals surface area contributed by atoms with Crippen molar-refractivity contribution in [3.63, 3.8) is 0 Å². The summed E-state index contributed by atoms with van der Waals surface area (Å²) in [5.74, 6) is -0.822. The number of nitrogens with zero attached hydrogens (tertiary/aromatic N) is 2. The average Bonchev–Trinajstić information content (AvgIpc) is 2.95. The zero-order chi connectivity index (χ0) is 22.4. The smallest absolute Gasteiger partial charge is 0.326 e. The van der Waals surface area contributed by atoms with Gasteiger partial charge in [0.25, 0.3) is 0 Å². The predicted molar refractivity (Wildman–Crippen MR) is 116 cm³/mol. The molecule has 0 atom stereocenters. The minimum atomic E-state index is -3.49. The molecule has 1 aromatic carbocycles. The quantitative estimate of drug-likeness (QED) is 0.505. The molecule has 0 saturated carbocycles. The Morgan fingerprint density at radius 3 is 2.17 bits per heavy atom. The van der Waals surface area contributed by atoms with Crippen LogP contribution in [-0.2, 0) is 24.3 Å². The lowest BCUT2D eigenvalue weighted by Crippen LogP contribution is -2.35. The second-order valence-electron chi connectivity index (χ2n) is 8.50. The fraction of sp³-hybridized carbons (Fsp3) is 0.545. The largest absolute Gasteiger partial charge is 0.459 e. The first kappa shape index (κ1) is 24.1. The summed E-state index contributed by atoms with van der Waals surface area (Å²) in [5.41, 5.74) is 0.0931. The van der Waals surface area contributed by atoms with Crippen LogP contribution in [0.25, 0.3) is 6.08 Å². The zero-order valence-corrected chi connectivity index (χ0v) is 19.1. The van der Waals surface area contributed by atoms with E-state index in [4.69, 9.17) is 4.74 Å². The summed E-state index contributed by atoms with van der Waals surface area (Å²) in [4.78, 5) is 25.6. The Kier molecular flexibility index (Phi) is 8.20. The van der Waals surface area contributed by atoms with E-state index >= 15 is 0 Å². The van der Waals surface area contributed by atoms with Gasteiger partial charge < -0.3 is 9.64 Å². The van der Waals surface area contributed by atoms with Gasteiger partial charge in [0, 0.05) is 26.2 Å². The highest BCUT2D eigenvalue weighted by molar-refractivity contribution is 7.89. The molecule has 1 aromatic rings. The molecule has 0 N–H and O–H groups in total. The topological polar surface area (TPSA) is 84.0 Å². The summed E-state index contributed by atoms with van der Waals surface area (Å²) in [7, 11) is -1.97. The van der Waals surface area contributed by atoms with E-state index in [2.05, 4.69) is 0 Å². The number of sulfonamides is 1. The van der Waals surface area contributed by atoms with Gasteiger partial charge in [-0.05, 0) is 57.4 Å². The van der Waals surface area contributed by atoms with Gasteiger partial charge in [0.2, 0.25) is 15.9 Å². The van der Waals surface area contributed by atoms with Gasteiger partial charge in [0.15, 0.2) is 0 Å². The highest BCUT2D eigenvalue weighted by atomic mass is 32.2. The van der Waals surface area contributed by atoms with Crippen LogP contribution in [0.5, 0.6) is 0 Å². The minimum absolute atomic E-state index is 0.145. The Morgan fingerprint density at radius 2 is 1.63 bits per heavy atom. The third-order valence-electron chi connectivity index (χ3n) is 4.66. The van der Waals surface area contributed by atoms with Crippen LogP contribution in [0.2, 0.25) is 0 Å². The monoisotopic (exact) mass is 436 g/mol. The van der Waals surface area contributed by atoms with Crippen molar-refractivity contribution in [3.8, 4) is 0 Å². The lowest BCUT2D eigenvalue weighted by molar-refractivity contribution is -0.157. The molecule has 1 aliphatic heterocycles. The number of likely N-dealkylation sites (N-methyl/N-ethyl adjacent to an activating group) is 1. The highest BCUT2D eigenvalue weighted by Crippen LogP contribution is 2.21. The summed E-state index contributed by atoms with van der Waals surface area (Å²) in [6.45, 7) is 6.27. The number of benzene rings is 1. The van der Waals surface area contributed by atoms with Crippen molar-refractivity contribution in [2.75, 3.05) is 26.7 Å². The summed E-state index contributed by atoms with van der Waals surface area (Å²) in [6.07, 6.45) is 6.84. The van der Waals surface area contributed by atoms with Gasteiger partial charge in [-0.3, -0.25) is 9.59 Å². The number of carbonyl (C=O) groups is 2. The first-order valence-electron chi connectivity index (χ1n) is 10.2. The van der Waals surface area contributed by atoms with E-state index < -0.39 is 21.6 Å². The van der Waals surface area contributed by atoms with Crippen LogP contribution in [0.1, 0.15) is 52.0 Å². The van der Waals surface area contributed by atoms with Crippen LogP contribution >= 0.6 is 0 Å². The summed E-state index contributed by atoms with van der Waals surface area (Å²) < 4.78 is 32.4. The summed E-state index contributed by atoms with van der Waals surface area (Å²) in [6, 6.07) is 6.47. The van der Waals surface area contributed by atoms with Gasteiger partial charge in [0.1, 0.15) is 12.1 Å². The van der Waals surface area contributed by atoms with Crippen molar-refractivity contribution in [3.05, 3.63) is 35.9 Å². The van der Waals surface area contributed by atoms with Gasteiger partial charge in [-0.25, -0.2) is 8.42 Å². The lowest BCUT2D eigenvalue weighted by atomic mass is 10.2. The van der Waals surface area contributed by atoms with Crippen LogP contribution in [0, 0.1) is 0 Å². The molecular weight excluding hydrogens is 404 g/mol. The fourth-order valence-corrected chi connectivity index (χ4v) is 4.64. The van der Waals surface area contributed by atoms with E-state index in [0.717, 1.165) is 25.7 Å². The van der Waals surface area contributed by atoms with Crippen LogP contribution < -0.4 is 0 Å². The summed E-state index contributed by atoms with van der Waals surface area (Å²) in [5, 5.41) is 0. The Hall–Kier alpha value is -2.19. The van der Waals surface area contributed by atoms with Crippen LogP contribution in [0.15, 0.2) is 35.2 Å². The van der Waals surface area contributed by atoms with Crippen LogP contribution in [0.4, 0.5) is 0 Å². The Labute approximate surface area is 179 Å². The van der Waals surface area contributed by atoms with Crippen molar-refractivity contribution in [1.82, 2.24) is 9.21 Å². The molecule has 166 valence electrons. The van der Waals surface area contributed by atoms with Gasteiger partial charge >= 0.3 is 5.97 Å². The molecule has 1 aliphatic rings. The Morgan fingerprint density at radius 1 is 1.07 bits per heavy atom. The van der Waals surface area contributed by atoms with Crippen molar-refractivity contribution in [1.29, 1.82) is 0 Å². The molecule has 0 unspecified atom stereocenters.